The number of rotatable bonds is 6. The molecule has 29 heavy (non-hydrogen) atoms. The average Bonchev–Trinajstić information content (AvgIpc) is 3.18. The van der Waals surface area contributed by atoms with Crippen LogP contribution in [0.25, 0.3) is 0 Å². The average molecular weight is 426 g/mol. The molecule has 2 aromatic rings. The van der Waals surface area contributed by atoms with Crippen LogP contribution >= 0.6 is 11.3 Å². The number of nitrogens with one attached hydrogen (secondary N) is 2. The van der Waals surface area contributed by atoms with Gasteiger partial charge in [-0.1, -0.05) is 30.3 Å². The number of alkyl halides is 3. The first-order valence-corrected chi connectivity index (χ1v) is 10.6. The summed E-state index contributed by atoms with van der Waals surface area (Å²) in [7, 11) is 1.70. The van der Waals surface area contributed by atoms with E-state index in [2.05, 4.69) is 49.8 Å². The molecule has 1 fully saturated rings. The summed E-state index contributed by atoms with van der Waals surface area (Å²) in [6.45, 7) is 3.41. The number of aliphatic imine (C=N–C) groups is 1. The number of benzene rings is 1. The fourth-order valence-corrected chi connectivity index (χ4v) is 4.20. The van der Waals surface area contributed by atoms with Crippen molar-refractivity contribution in [3.8, 4) is 0 Å². The molecule has 2 N–H and O–H groups in total. The Hall–Kier alpha value is -2.13. The van der Waals surface area contributed by atoms with Gasteiger partial charge in [-0.2, -0.15) is 13.2 Å². The normalized spacial score (nSPS) is 18.6. The number of nitrogens with zero attached hydrogens (tertiary/aromatic N) is 3. The standard InChI is InChI=1S/C20H26F3N5S/c1-24-19(25-10-9-18-27-17(14-29-18)20(21,22)23)26-16-8-5-11-28(13-16)12-15-6-3-2-4-7-15/h2-4,6-7,14,16H,5,8-13H2,1H3,(H2,24,25,26). The lowest BCUT2D eigenvalue weighted by Crippen LogP contribution is -2.51. The molecule has 0 aliphatic carbocycles. The zero-order chi connectivity index (χ0) is 20.7. The Labute approximate surface area is 173 Å². The van der Waals surface area contributed by atoms with Crippen molar-refractivity contribution in [2.24, 2.45) is 4.99 Å². The minimum Gasteiger partial charge on any atom is -0.356 e. The summed E-state index contributed by atoms with van der Waals surface area (Å²) >= 11 is 1.03. The minimum absolute atomic E-state index is 0.287. The summed E-state index contributed by atoms with van der Waals surface area (Å²) in [6, 6.07) is 10.7. The van der Waals surface area contributed by atoms with E-state index in [0.29, 0.717) is 23.9 Å². The second-order valence-corrected chi connectivity index (χ2v) is 8.02. The molecule has 1 atom stereocenters. The molecule has 158 valence electrons. The number of hydrogen-bond donors (Lipinski definition) is 2. The molecule has 0 saturated carbocycles. The summed E-state index contributed by atoms with van der Waals surface area (Å²) in [5.41, 5.74) is 0.484. The Morgan fingerprint density at radius 2 is 2.10 bits per heavy atom. The first-order chi connectivity index (χ1) is 13.9. The lowest BCUT2D eigenvalue weighted by atomic mass is 10.0. The molecule has 0 bridgehead atoms. The van der Waals surface area contributed by atoms with Gasteiger partial charge in [0.25, 0.3) is 0 Å². The molecule has 2 heterocycles. The van der Waals surface area contributed by atoms with Crippen molar-refractivity contribution >= 4 is 17.3 Å². The molecule has 5 nitrogen and oxygen atoms in total. The first kappa shape index (κ1) is 21.6. The summed E-state index contributed by atoms with van der Waals surface area (Å²) in [4.78, 5) is 10.3. The largest absolute Gasteiger partial charge is 0.434 e. The molecule has 0 spiro atoms. The van der Waals surface area contributed by atoms with E-state index in [1.165, 1.54) is 5.56 Å². The van der Waals surface area contributed by atoms with E-state index < -0.39 is 11.9 Å². The van der Waals surface area contributed by atoms with Crippen molar-refractivity contribution in [3.05, 3.63) is 52.0 Å². The Morgan fingerprint density at radius 1 is 1.31 bits per heavy atom. The highest BCUT2D eigenvalue weighted by molar-refractivity contribution is 7.09. The maximum absolute atomic E-state index is 12.6. The van der Waals surface area contributed by atoms with Crippen LogP contribution in [0.4, 0.5) is 13.2 Å². The molecule has 0 radical (unpaired) electrons. The molecule has 3 rings (SSSR count). The minimum atomic E-state index is -4.38. The molecular formula is C20H26F3N5S. The molecular weight excluding hydrogens is 399 g/mol. The predicted octanol–water partition coefficient (Wildman–Crippen LogP) is 3.53. The summed E-state index contributed by atoms with van der Waals surface area (Å²) in [5.74, 6) is 0.671. The Balaban J connectivity index is 1.44. The maximum Gasteiger partial charge on any atom is 0.434 e. The quantitative estimate of drug-likeness (QED) is 0.549. The Morgan fingerprint density at radius 3 is 2.79 bits per heavy atom. The van der Waals surface area contributed by atoms with Crippen molar-refractivity contribution in [1.82, 2.24) is 20.5 Å². The van der Waals surface area contributed by atoms with E-state index in [1.807, 2.05) is 6.07 Å². The second-order valence-electron chi connectivity index (χ2n) is 7.08. The summed E-state index contributed by atoms with van der Waals surface area (Å²) < 4.78 is 37.9. The van der Waals surface area contributed by atoms with Crippen molar-refractivity contribution in [3.63, 3.8) is 0 Å². The highest BCUT2D eigenvalue weighted by Gasteiger charge is 2.33. The zero-order valence-corrected chi connectivity index (χ0v) is 17.2. The fourth-order valence-electron chi connectivity index (χ4n) is 3.39. The van der Waals surface area contributed by atoms with Crippen LogP contribution in [0.5, 0.6) is 0 Å². The number of likely N-dealkylation sites (tertiary alicyclic amines) is 1. The van der Waals surface area contributed by atoms with Gasteiger partial charge >= 0.3 is 6.18 Å². The van der Waals surface area contributed by atoms with E-state index in [1.54, 1.807) is 7.05 Å². The molecule has 1 aromatic heterocycles. The Kier molecular flexibility index (Phi) is 7.49. The molecule has 1 aliphatic rings. The van der Waals surface area contributed by atoms with E-state index in [0.717, 1.165) is 49.2 Å². The van der Waals surface area contributed by atoms with Crippen LogP contribution in [0.1, 0.15) is 29.1 Å². The lowest BCUT2D eigenvalue weighted by Gasteiger charge is -2.34. The molecule has 1 unspecified atom stereocenters. The molecule has 1 saturated heterocycles. The van der Waals surface area contributed by atoms with Gasteiger partial charge in [-0.05, 0) is 24.9 Å². The molecule has 9 heteroatoms. The van der Waals surface area contributed by atoms with E-state index in [9.17, 15) is 13.2 Å². The van der Waals surface area contributed by atoms with Gasteiger partial charge in [0, 0.05) is 44.5 Å². The maximum atomic E-state index is 12.6. The summed E-state index contributed by atoms with van der Waals surface area (Å²) in [6.07, 6.45) is -1.78. The Bertz CT molecular complexity index is 791. The third-order valence-electron chi connectivity index (χ3n) is 4.79. The van der Waals surface area contributed by atoms with Crippen LogP contribution in [0.2, 0.25) is 0 Å². The van der Waals surface area contributed by atoms with Gasteiger partial charge in [0.05, 0.1) is 5.01 Å². The van der Waals surface area contributed by atoms with Crippen LogP contribution in [-0.4, -0.2) is 48.6 Å². The van der Waals surface area contributed by atoms with Gasteiger partial charge < -0.3 is 10.6 Å². The predicted molar refractivity (Wildman–Crippen MR) is 110 cm³/mol. The van der Waals surface area contributed by atoms with E-state index in [4.69, 9.17) is 0 Å². The second kappa shape index (κ2) is 10.1. The van der Waals surface area contributed by atoms with E-state index >= 15 is 0 Å². The van der Waals surface area contributed by atoms with Crippen molar-refractivity contribution in [2.75, 3.05) is 26.7 Å². The smallest absolute Gasteiger partial charge is 0.356 e. The van der Waals surface area contributed by atoms with Gasteiger partial charge in [0.1, 0.15) is 0 Å². The van der Waals surface area contributed by atoms with Crippen molar-refractivity contribution < 1.29 is 13.2 Å². The van der Waals surface area contributed by atoms with Gasteiger partial charge in [-0.25, -0.2) is 4.98 Å². The number of guanidine groups is 1. The van der Waals surface area contributed by atoms with E-state index in [-0.39, 0.29) is 6.04 Å². The van der Waals surface area contributed by atoms with Gasteiger partial charge in [0.15, 0.2) is 11.7 Å². The van der Waals surface area contributed by atoms with Gasteiger partial charge in [-0.3, -0.25) is 9.89 Å². The van der Waals surface area contributed by atoms with Crippen LogP contribution in [-0.2, 0) is 19.1 Å². The zero-order valence-electron chi connectivity index (χ0n) is 16.4. The monoisotopic (exact) mass is 425 g/mol. The SMILES string of the molecule is CN=C(NCCc1nc(C(F)(F)F)cs1)NC1CCCN(Cc2ccccc2)C1. The van der Waals surface area contributed by atoms with Crippen molar-refractivity contribution in [1.29, 1.82) is 0 Å². The third kappa shape index (κ3) is 6.71. The fraction of sp³-hybridized carbons (Fsp3) is 0.500. The first-order valence-electron chi connectivity index (χ1n) is 9.69. The number of hydrogen-bond acceptors (Lipinski definition) is 4. The van der Waals surface area contributed by atoms with Gasteiger partial charge in [-0.15, -0.1) is 11.3 Å². The third-order valence-corrected chi connectivity index (χ3v) is 5.70. The summed E-state index contributed by atoms with van der Waals surface area (Å²) in [5, 5.41) is 8.15. The number of halogens is 3. The number of aromatic nitrogens is 1. The number of thiazole rings is 1. The number of piperidine rings is 1. The van der Waals surface area contributed by atoms with Crippen LogP contribution < -0.4 is 10.6 Å². The highest BCUT2D eigenvalue weighted by atomic mass is 32.1. The molecule has 1 aliphatic heterocycles. The van der Waals surface area contributed by atoms with Crippen molar-refractivity contribution in [2.45, 2.75) is 38.0 Å². The topological polar surface area (TPSA) is 52.6 Å². The lowest BCUT2D eigenvalue weighted by molar-refractivity contribution is -0.140. The van der Waals surface area contributed by atoms with Crippen LogP contribution in [0, 0.1) is 0 Å². The van der Waals surface area contributed by atoms with Crippen LogP contribution in [0.3, 0.4) is 0 Å². The molecule has 1 aromatic carbocycles. The highest BCUT2D eigenvalue weighted by Crippen LogP contribution is 2.30. The molecule has 0 amide bonds. The van der Waals surface area contributed by atoms with Gasteiger partial charge in [0.2, 0.25) is 0 Å². The van der Waals surface area contributed by atoms with Crippen LogP contribution in [0.15, 0.2) is 40.7 Å².